The molecule has 2 heterocycles. The molecule has 5 nitrogen and oxygen atoms in total. The highest BCUT2D eigenvalue weighted by atomic mass is 32.1. The molecule has 3 aromatic rings. The number of rotatable bonds is 8. The van der Waals surface area contributed by atoms with E-state index in [1.807, 2.05) is 31.5 Å². The zero-order valence-corrected chi connectivity index (χ0v) is 20.0. The Labute approximate surface area is 199 Å². The zero-order valence-electron chi connectivity index (χ0n) is 19.2. The Morgan fingerprint density at radius 1 is 1.09 bits per heavy atom. The molecule has 1 aromatic heterocycles. The fourth-order valence-electron chi connectivity index (χ4n) is 4.48. The van der Waals surface area contributed by atoms with E-state index in [-0.39, 0.29) is 23.7 Å². The first kappa shape index (κ1) is 23.4. The number of anilines is 2. The maximum Gasteiger partial charge on any atom is 0.227 e. The van der Waals surface area contributed by atoms with E-state index >= 15 is 0 Å². The van der Waals surface area contributed by atoms with Crippen molar-refractivity contribution in [2.45, 2.75) is 32.7 Å². The number of benzene rings is 2. The summed E-state index contributed by atoms with van der Waals surface area (Å²) in [6.45, 7) is 7.07. The third-order valence-electron chi connectivity index (χ3n) is 6.39. The average molecular weight is 467 g/mol. The molecular formula is C26H31FN4OS. The van der Waals surface area contributed by atoms with E-state index in [0.29, 0.717) is 11.4 Å². The van der Waals surface area contributed by atoms with Gasteiger partial charge in [-0.3, -0.25) is 9.69 Å². The van der Waals surface area contributed by atoms with Gasteiger partial charge in [-0.05, 0) is 36.6 Å². The zero-order chi connectivity index (χ0) is 23.2. The van der Waals surface area contributed by atoms with Crippen LogP contribution in [-0.2, 0) is 4.79 Å². The van der Waals surface area contributed by atoms with E-state index in [2.05, 4.69) is 44.4 Å². The normalized spacial score (nSPS) is 15.6. The lowest BCUT2D eigenvalue weighted by molar-refractivity contribution is -0.120. The Hall–Kier alpha value is -2.77. The summed E-state index contributed by atoms with van der Waals surface area (Å²) in [6.07, 6.45) is 3.40. The molecule has 1 fully saturated rings. The van der Waals surface area contributed by atoms with Gasteiger partial charge in [0.15, 0.2) is 0 Å². The van der Waals surface area contributed by atoms with Gasteiger partial charge in [-0.25, -0.2) is 9.37 Å². The molecule has 0 spiro atoms. The number of hydrogen-bond acceptors (Lipinski definition) is 5. The van der Waals surface area contributed by atoms with Gasteiger partial charge in [-0.1, -0.05) is 44.2 Å². The largest absolute Gasteiger partial charge is 0.367 e. The van der Waals surface area contributed by atoms with E-state index in [1.165, 1.54) is 11.6 Å². The second-order valence-electron chi connectivity index (χ2n) is 8.38. The molecule has 0 aliphatic carbocycles. The van der Waals surface area contributed by atoms with Crippen LogP contribution in [0, 0.1) is 11.7 Å². The number of thiazole rings is 1. The van der Waals surface area contributed by atoms with Crippen molar-refractivity contribution in [1.82, 2.24) is 9.88 Å². The number of piperazine rings is 1. The van der Waals surface area contributed by atoms with Crippen molar-refractivity contribution in [3.63, 3.8) is 0 Å². The third-order valence-corrected chi connectivity index (χ3v) is 7.22. The second-order valence-corrected chi connectivity index (χ2v) is 9.30. The lowest BCUT2D eigenvalue weighted by atomic mass is 10.0. The summed E-state index contributed by atoms with van der Waals surface area (Å²) in [5.74, 6) is -0.392. The number of hydrogen-bond donors (Lipinski definition) is 1. The third kappa shape index (κ3) is 5.42. The standard InChI is InChI=1S/C26H31FN4OS/c1-3-19(4-2)25(32)29-21-10-11-23(22(27)18-21)30-13-15-31(16-14-30)24(26-28-12-17-33-26)20-8-6-5-7-9-20/h5-12,17-19,24H,3-4,13-16H2,1-2H3,(H,29,32). The Morgan fingerprint density at radius 2 is 1.82 bits per heavy atom. The van der Waals surface area contributed by atoms with Crippen LogP contribution >= 0.6 is 11.3 Å². The molecule has 0 saturated carbocycles. The summed E-state index contributed by atoms with van der Waals surface area (Å²) in [5, 5.41) is 5.96. The van der Waals surface area contributed by atoms with Crippen molar-refractivity contribution in [1.29, 1.82) is 0 Å². The summed E-state index contributed by atoms with van der Waals surface area (Å²) >= 11 is 1.67. The van der Waals surface area contributed by atoms with E-state index in [9.17, 15) is 9.18 Å². The Balaban J connectivity index is 1.43. The van der Waals surface area contributed by atoms with E-state index in [4.69, 9.17) is 0 Å². The van der Waals surface area contributed by atoms with Gasteiger partial charge in [0, 0.05) is 49.4 Å². The topological polar surface area (TPSA) is 48.5 Å². The molecule has 174 valence electrons. The van der Waals surface area contributed by atoms with Crippen LogP contribution < -0.4 is 10.2 Å². The summed E-state index contributed by atoms with van der Waals surface area (Å²) in [5.41, 5.74) is 2.32. The quantitative estimate of drug-likeness (QED) is 0.472. The fourth-order valence-corrected chi connectivity index (χ4v) is 5.28. The minimum absolute atomic E-state index is 0.0452. The first-order chi connectivity index (χ1) is 16.1. The second kappa shape index (κ2) is 10.9. The number of nitrogens with one attached hydrogen (secondary N) is 1. The SMILES string of the molecule is CCC(CC)C(=O)Nc1ccc(N2CCN(C(c3ccccc3)c3nccs3)CC2)c(F)c1. The number of amides is 1. The van der Waals surface area contributed by atoms with Crippen molar-refractivity contribution in [2.75, 3.05) is 36.4 Å². The smallest absolute Gasteiger partial charge is 0.227 e. The molecule has 0 radical (unpaired) electrons. The van der Waals surface area contributed by atoms with Crippen LogP contribution in [0.2, 0.25) is 0 Å². The Bertz CT molecular complexity index is 1030. The molecule has 1 saturated heterocycles. The predicted molar refractivity (Wildman–Crippen MR) is 133 cm³/mol. The molecule has 2 aromatic carbocycles. The lowest BCUT2D eigenvalue weighted by Crippen LogP contribution is -2.48. The summed E-state index contributed by atoms with van der Waals surface area (Å²) < 4.78 is 15.0. The lowest BCUT2D eigenvalue weighted by Gasteiger charge is -2.40. The van der Waals surface area contributed by atoms with E-state index in [0.717, 1.165) is 44.0 Å². The van der Waals surface area contributed by atoms with Crippen molar-refractivity contribution < 1.29 is 9.18 Å². The molecule has 1 atom stereocenters. The minimum Gasteiger partial charge on any atom is -0.367 e. The van der Waals surface area contributed by atoms with Crippen molar-refractivity contribution >= 4 is 28.6 Å². The molecule has 1 amide bonds. The minimum atomic E-state index is -0.301. The molecule has 1 unspecified atom stereocenters. The summed E-state index contributed by atoms with van der Waals surface area (Å²) in [4.78, 5) is 21.4. The van der Waals surface area contributed by atoms with Crippen molar-refractivity contribution in [3.8, 4) is 0 Å². The van der Waals surface area contributed by atoms with Crippen LogP contribution in [0.15, 0.2) is 60.1 Å². The molecule has 1 N–H and O–H groups in total. The van der Waals surface area contributed by atoms with Crippen LogP contribution in [0.3, 0.4) is 0 Å². The first-order valence-corrected chi connectivity index (χ1v) is 12.5. The highest BCUT2D eigenvalue weighted by molar-refractivity contribution is 7.09. The Morgan fingerprint density at radius 3 is 2.42 bits per heavy atom. The summed E-state index contributed by atoms with van der Waals surface area (Å²) in [6, 6.07) is 15.6. The van der Waals surface area contributed by atoms with Gasteiger partial charge >= 0.3 is 0 Å². The molecule has 1 aliphatic heterocycles. The molecule has 4 rings (SSSR count). The van der Waals surface area contributed by atoms with Crippen LogP contribution in [0.1, 0.15) is 43.3 Å². The fraction of sp³-hybridized carbons (Fsp3) is 0.385. The summed E-state index contributed by atoms with van der Waals surface area (Å²) in [7, 11) is 0. The maximum atomic E-state index is 15.0. The molecule has 0 bridgehead atoms. The van der Waals surface area contributed by atoms with Crippen LogP contribution in [0.5, 0.6) is 0 Å². The van der Waals surface area contributed by atoms with E-state index < -0.39 is 0 Å². The number of carbonyl (C=O) groups is 1. The van der Waals surface area contributed by atoms with Crippen molar-refractivity contribution in [3.05, 3.63) is 76.5 Å². The van der Waals surface area contributed by atoms with Gasteiger partial charge in [-0.2, -0.15) is 0 Å². The van der Waals surface area contributed by atoms with Gasteiger partial charge in [0.05, 0.1) is 11.7 Å². The Kier molecular flexibility index (Phi) is 7.73. The van der Waals surface area contributed by atoms with Gasteiger partial charge < -0.3 is 10.2 Å². The van der Waals surface area contributed by atoms with Crippen LogP contribution in [0.4, 0.5) is 15.8 Å². The molecule has 7 heteroatoms. The predicted octanol–water partition coefficient (Wildman–Crippen LogP) is 5.57. The van der Waals surface area contributed by atoms with Crippen LogP contribution in [-0.4, -0.2) is 42.0 Å². The first-order valence-electron chi connectivity index (χ1n) is 11.6. The van der Waals surface area contributed by atoms with E-state index in [1.54, 1.807) is 23.5 Å². The van der Waals surface area contributed by atoms with Gasteiger partial charge in [-0.15, -0.1) is 11.3 Å². The van der Waals surface area contributed by atoms with Crippen molar-refractivity contribution in [2.24, 2.45) is 5.92 Å². The monoisotopic (exact) mass is 466 g/mol. The number of aromatic nitrogens is 1. The van der Waals surface area contributed by atoms with Gasteiger partial charge in [0.25, 0.3) is 0 Å². The molecule has 33 heavy (non-hydrogen) atoms. The average Bonchev–Trinajstić information content (AvgIpc) is 3.36. The maximum absolute atomic E-state index is 15.0. The highest BCUT2D eigenvalue weighted by Gasteiger charge is 2.29. The van der Waals surface area contributed by atoms with Gasteiger partial charge in [0.2, 0.25) is 5.91 Å². The highest BCUT2D eigenvalue weighted by Crippen LogP contribution is 2.32. The number of halogens is 1. The molecule has 1 aliphatic rings. The number of carbonyl (C=O) groups excluding carboxylic acids is 1. The van der Waals surface area contributed by atoms with Gasteiger partial charge in [0.1, 0.15) is 10.8 Å². The van der Waals surface area contributed by atoms with Crippen LogP contribution in [0.25, 0.3) is 0 Å². The number of nitrogens with zero attached hydrogens (tertiary/aromatic N) is 3. The molecular weight excluding hydrogens is 435 g/mol.